The van der Waals surface area contributed by atoms with E-state index in [2.05, 4.69) is 5.10 Å². The molecule has 0 atom stereocenters. The number of aryl methyl sites for hydroxylation is 2. The lowest BCUT2D eigenvalue weighted by Crippen LogP contribution is -1.98. The SMILES string of the molecule is Cc1ccc(-n2nc(C=O)cc2C)cc1. The summed E-state index contributed by atoms with van der Waals surface area (Å²) in [6.45, 7) is 3.97. The van der Waals surface area contributed by atoms with E-state index in [0.717, 1.165) is 17.7 Å². The lowest BCUT2D eigenvalue weighted by Gasteiger charge is -2.03. The topological polar surface area (TPSA) is 34.9 Å². The molecule has 0 radical (unpaired) electrons. The number of hydrogen-bond acceptors (Lipinski definition) is 2. The Hall–Kier alpha value is -1.90. The van der Waals surface area contributed by atoms with Crippen molar-refractivity contribution in [3.63, 3.8) is 0 Å². The highest BCUT2D eigenvalue weighted by Gasteiger charge is 2.04. The molecule has 2 aromatic rings. The number of aromatic nitrogens is 2. The van der Waals surface area contributed by atoms with Crippen molar-refractivity contribution in [3.05, 3.63) is 47.3 Å². The van der Waals surface area contributed by atoms with Crippen molar-refractivity contribution in [2.24, 2.45) is 0 Å². The van der Waals surface area contributed by atoms with Crippen LogP contribution in [0.4, 0.5) is 0 Å². The van der Waals surface area contributed by atoms with E-state index in [1.165, 1.54) is 5.56 Å². The highest BCUT2D eigenvalue weighted by Crippen LogP contribution is 2.12. The third kappa shape index (κ3) is 1.81. The van der Waals surface area contributed by atoms with E-state index in [1.807, 2.05) is 38.1 Å². The summed E-state index contributed by atoms with van der Waals surface area (Å²) in [6.07, 6.45) is 0.762. The summed E-state index contributed by atoms with van der Waals surface area (Å²) in [7, 11) is 0. The van der Waals surface area contributed by atoms with Crippen LogP contribution in [0.15, 0.2) is 30.3 Å². The normalized spacial score (nSPS) is 10.3. The van der Waals surface area contributed by atoms with E-state index in [1.54, 1.807) is 10.7 Å². The Bertz CT molecular complexity index is 483. The Morgan fingerprint density at radius 3 is 2.40 bits per heavy atom. The van der Waals surface area contributed by atoms with E-state index in [-0.39, 0.29) is 0 Å². The number of carbonyl (C=O) groups is 1. The van der Waals surface area contributed by atoms with Crippen molar-refractivity contribution in [1.82, 2.24) is 9.78 Å². The summed E-state index contributed by atoms with van der Waals surface area (Å²) in [5, 5.41) is 4.18. The second-order valence-electron chi connectivity index (χ2n) is 3.58. The third-order valence-electron chi connectivity index (χ3n) is 2.31. The summed E-state index contributed by atoms with van der Waals surface area (Å²) >= 11 is 0. The average molecular weight is 200 g/mol. The highest BCUT2D eigenvalue weighted by atomic mass is 16.1. The first-order valence-corrected chi connectivity index (χ1v) is 4.79. The van der Waals surface area contributed by atoms with Gasteiger partial charge in [0.2, 0.25) is 0 Å². The minimum atomic E-state index is 0.466. The number of carbonyl (C=O) groups excluding carboxylic acids is 1. The molecular formula is C12H12N2O. The Labute approximate surface area is 88.4 Å². The van der Waals surface area contributed by atoms with Crippen LogP contribution in [0.25, 0.3) is 5.69 Å². The van der Waals surface area contributed by atoms with Gasteiger partial charge in [0.05, 0.1) is 5.69 Å². The van der Waals surface area contributed by atoms with Gasteiger partial charge in [-0.15, -0.1) is 0 Å². The van der Waals surface area contributed by atoms with Crippen molar-refractivity contribution in [1.29, 1.82) is 0 Å². The molecule has 2 rings (SSSR count). The highest BCUT2D eigenvalue weighted by molar-refractivity contribution is 5.71. The fourth-order valence-corrected chi connectivity index (χ4v) is 1.50. The maximum Gasteiger partial charge on any atom is 0.170 e. The summed E-state index contributed by atoms with van der Waals surface area (Å²) in [5.74, 6) is 0. The third-order valence-corrected chi connectivity index (χ3v) is 2.31. The van der Waals surface area contributed by atoms with Crippen molar-refractivity contribution >= 4 is 6.29 Å². The van der Waals surface area contributed by atoms with E-state index in [4.69, 9.17) is 0 Å². The molecule has 0 amide bonds. The maximum atomic E-state index is 10.6. The monoisotopic (exact) mass is 200 g/mol. The van der Waals surface area contributed by atoms with Crippen molar-refractivity contribution < 1.29 is 4.79 Å². The fourth-order valence-electron chi connectivity index (χ4n) is 1.50. The first kappa shape index (κ1) is 9.65. The van der Waals surface area contributed by atoms with Crippen LogP contribution in [0.3, 0.4) is 0 Å². The molecule has 0 bridgehead atoms. The molecular weight excluding hydrogens is 188 g/mol. The van der Waals surface area contributed by atoms with Gasteiger partial charge in [-0.3, -0.25) is 4.79 Å². The zero-order valence-electron chi connectivity index (χ0n) is 8.77. The van der Waals surface area contributed by atoms with Gasteiger partial charge in [0.15, 0.2) is 6.29 Å². The van der Waals surface area contributed by atoms with E-state index in [0.29, 0.717) is 5.69 Å². The van der Waals surface area contributed by atoms with Gasteiger partial charge in [-0.05, 0) is 32.0 Å². The molecule has 1 aromatic heterocycles. The van der Waals surface area contributed by atoms with Crippen LogP contribution < -0.4 is 0 Å². The number of nitrogens with zero attached hydrogens (tertiary/aromatic N) is 2. The molecule has 1 heterocycles. The quantitative estimate of drug-likeness (QED) is 0.697. The predicted molar refractivity (Wildman–Crippen MR) is 58.4 cm³/mol. The molecule has 15 heavy (non-hydrogen) atoms. The number of benzene rings is 1. The number of rotatable bonds is 2. The molecule has 1 aromatic carbocycles. The molecule has 76 valence electrons. The van der Waals surface area contributed by atoms with E-state index >= 15 is 0 Å². The molecule has 0 saturated heterocycles. The molecule has 0 spiro atoms. The number of aldehydes is 1. The van der Waals surface area contributed by atoms with Crippen LogP contribution in [-0.2, 0) is 0 Å². The lowest BCUT2D eigenvalue weighted by molar-refractivity contribution is 0.111. The van der Waals surface area contributed by atoms with Gasteiger partial charge in [0, 0.05) is 5.69 Å². The fraction of sp³-hybridized carbons (Fsp3) is 0.167. The molecule has 0 aliphatic rings. The Morgan fingerprint density at radius 1 is 1.20 bits per heavy atom. The first-order valence-electron chi connectivity index (χ1n) is 4.79. The Balaban J connectivity index is 2.48. The van der Waals surface area contributed by atoms with Crippen molar-refractivity contribution in [2.45, 2.75) is 13.8 Å². The molecule has 3 nitrogen and oxygen atoms in total. The zero-order valence-corrected chi connectivity index (χ0v) is 8.77. The number of hydrogen-bond donors (Lipinski definition) is 0. The molecule has 3 heteroatoms. The van der Waals surface area contributed by atoms with E-state index < -0.39 is 0 Å². The second kappa shape index (κ2) is 3.69. The summed E-state index contributed by atoms with van der Waals surface area (Å²) < 4.78 is 1.77. The molecule has 0 aliphatic heterocycles. The Morgan fingerprint density at radius 2 is 1.87 bits per heavy atom. The van der Waals surface area contributed by atoms with Crippen LogP contribution in [0.2, 0.25) is 0 Å². The van der Waals surface area contributed by atoms with Gasteiger partial charge in [-0.25, -0.2) is 4.68 Å². The summed E-state index contributed by atoms with van der Waals surface area (Å²) in [4.78, 5) is 10.6. The van der Waals surface area contributed by atoms with Crippen LogP contribution in [0.5, 0.6) is 0 Å². The van der Waals surface area contributed by atoms with Crippen LogP contribution in [0, 0.1) is 13.8 Å². The van der Waals surface area contributed by atoms with E-state index in [9.17, 15) is 4.79 Å². The minimum Gasteiger partial charge on any atom is -0.296 e. The van der Waals surface area contributed by atoms with Crippen molar-refractivity contribution in [2.75, 3.05) is 0 Å². The average Bonchev–Trinajstić information content (AvgIpc) is 2.61. The zero-order chi connectivity index (χ0) is 10.8. The largest absolute Gasteiger partial charge is 0.296 e. The van der Waals surface area contributed by atoms with Gasteiger partial charge >= 0.3 is 0 Å². The lowest BCUT2D eigenvalue weighted by atomic mass is 10.2. The minimum absolute atomic E-state index is 0.466. The van der Waals surface area contributed by atoms with Gasteiger partial charge in [0.25, 0.3) is 0 Å². The van der Waals surface area contributed by atoms with Crippen molar-refractivity contribution in [3.8, 4) is 5.69 Å². The van der Waals surface area contributed by atoms with Crippen LogP contribution in [-0.4, -0.2) is 16.1 Å². The predicted octanol–water partition coefficient (Wildman–Crippen LogP) is 2.30. The molecule has 0 fully saturated rings. The molecule has 0 unspecified atom stereocenters. The first-order chi connectivity index (χ1) is 7.20. The molecule has 0 N–H and O–H groups in total. The standard InChI is InChI=1S/C12H12N2O/c1-9-3-5-12(6-4-9)14-10(2)7-11(8-15)13-14/h3-8H,1-2H3. The summed E-state index contributed by atoms with van der Waals surface area (Å²) in [5.41, 5.74) is 3.61. The summed E-state index contributed by atoms with van der Waals surface area (Å²) in [6, 6.07) is 9.80. The van der Waals surface area contributed by atoms with Gasteiger partial charge in [0.1, 0.15) is 5.69 Å². The second-order valence-corrected chi connectivity index (χ2v) is 3.58. The smallest absolute Gasteiger partial charge is 0.170 e. The van der Waals surface area contributed by atoms with Crippen LogP contribution >= 0.6 is 0 Å². The molecule has 0 aliphatic carbocycles. The van der Waals surface area contributed by atoms with Gasteiger partial charge < -0.3 is 0 Å². The molecule has 0 saturated carbocycles. The van der Waals surface area contributed by atoms with Gasteiger partial charge in [-0.1, -0.05) is 17.7 Å². The van der Waals surface area contributed by atoms with Crippen LogP contribution in [0.1, 0.15) is 21.7 Å². The Kier molecular flexibility index (Phi) is 2.37. The van der Waals surface area contributed by atoms with Gasteiger partial charge in [-0.2, -0.15) is 5.10 Å². The maximum absolute atomic E-state index is 10.6.